The van der Waals surface area contributed by atoms with Crippen LogP contribution in [0.1, 0.15) is 29.8 Å². The lowest BCUT2D eigenvalue weighted by molar-refractivity contribution is -0.0387. The van der Waals surface area contributed by atoms with E-state index in [4.69, 9.17) is 9.47 Å². The Balaban J connectivity index is 1.91. The van der Waals surface area contributed by atoms with Crippen molar-refractivity contribution < 1.29 is 22.7 Å². The van der Waals surface area contributed by atoms with Gasteiger partial charge in [-0.1, -0.05) is 6.07 Å². The summed E-state index contributed by atoms with van der Waals surface area (Å²) in [4.78, 5) is 15.0. The van der Waals surface area contributed by atoms with E-state index in [0.717, 1.165) is 5.56 Å². The molecule has 2 atom stereocenters. The number of ether oxygens (including phenoxy) is 2. The molecular formula is C18H26N2O5S. The van der Waals surface area contributed by atoms with Crippen molar-refractivity contribution in [3.63, 3.8) is 0 Å². The van der Waals surface area contributed by atoms with Crippen LogP contribution in [0.15, 0.2) is 23.1 Å². The molecule has 0 radical (unpaired) electrons. The highest BCUT2D eigenvalue weighted by molar-refractivity contribution is 7.89. The summed E-state index contributed by atoms with van der Waals surface area (Å²) in [7, 11) is -3.63. The number of carbonyl (C=O) groups is 1. The molecule has 7 nitrogen and oxygen atoms in total. The summed E-state index contributed by atoms with van der Waals surface area (Å²) in [6.07, 6.45) is -0.0317. The number of nitrogens with zero attached hydrogens (tertiary/aromatic N) is 2. The van der Waals surface area contributed by atoms with Crippen molar-refractivity contribution in [3.05, 3.63) is 29.3 Å². The summed E-state index contributed by atoms with van der Waals surface area (Å²) >= 11 is 0. The lowest BCUT2D eigenvalue weighted by atomic mass is 10.1. The zero-order valence-corrected chi connectivity index (χ0v) is 16.3. The van der Waals surface area contributed by atoms with E-state index in [1.54, 1.807) is 17.0 Å². The van der Waals surface area contributed by atoms with E-state index >= 15 is 0 Å². The lowest BCUT2D eigenvalue weighted by Crippen LogP contribution is -2.50. The van der Waals surface area contributed by atoms with Crippen LogP contribution in [0.3, 0.4) is 0 Å². The monoisotopic (exact) mass is 382 g/mol. The van der Waals surface area contributed by atoms with Crippen molar-refractivity contribution in [1.82, 2.24) is 9.21 Å². The fourth-order valence-electron chi connectivity index (χ4n) is 3.27. The van der Waals surface area contributed by atoms with Gasteiger partial charge in [-0.25, -0.2) is 8.42 Å². The Kier molecular flexibility index (Phi) is 5.67. The molecule has 2 saturated heterocycles. The van der Waals surface area contributed by atoms with Crippen LogP contribution >= 0.6 is 0 Å². The van der Waals surface area contributed by atoms with Crippen LogP contribution in [-0.2, 0) is 19.5 Å². The number of carbonyl (C=O) groups excluding carboxylic acids is 1. The quantitative estimate of drug-likeness (QED) is 0.787. The molecule has 0 aromatic heterocycles. The second kappa shape index (κ2) is 7.64. The lowest BCUT2D eigenvalue weighted by Gasteiger charge is -2.37. The largest absolute Gasteiger partial charge is 0.379 e. The Hall–Kier alpha value is -1.48. The molecule has 0 aliphatic carbocycles. The van der Waals surface area contributed by atoms with E-state index < -0.39 is 10.0 Å². The molecule has 144 valence electrons. The first kappa shape index (κ1) is 19.3. The number of amides is 1. The second-order valence-corrected chi connectivity index (χ2v) is 8.88. The zero-order chi connectivity index (χ0) is 18.9. The maximum atomic E-state index is 13.1. The highest BCUT2D eigenvalue weighted by Crippen LogP contribution is 2.23. The summed E-state index contributed by atoms with van der Waals surface area (Å²) in [5, 5.41) is 0. The van der Waals surface area contributed by atoms with Gasteiger partial charge in [0.25, 0.3) is 5.91 Å². The Bertz CT molecular complexity index is 774. The Morgan fingerprint density at radius 2 is 1.88 bits per heavy atom. The number of sulfonamides is 1. The summed E-state index contributed by atoms with van der Waals surface area (Å²) in [6.45, 7) is 8.12. The van der Waals surface area contributed by atoms with E-state index in [2.05, 4.69) is 0 Å². The van der Waals surface area contributed by atoms with Crippen molar-refractivity contribution in [2.45, 2.75) is 37.8 Å². The minimum absolute atomic E-state index is 0.0317. The minimum atomic E-state index is -3.63. The van der Waals surface area contributed by atoms with E-state index in [9.17, 15) is 13.2 Å². The second-order valence-electron chi connectivity index (χ2n) is 6.94. The zero-order valence-electron chi connectivity index (χ0n) is 15.5. The smallest absolute Gasteiger partial charge is 0.254 e. The number of hydrogen-bond donors (Lipinski definition) is 0. The maximum absolute atomic E-state index is 13.1. The van der Waals surface area contributed by atoms with Crippen molar-refractivity contribution in [2.75, 3.05) is 39.5 Å². The molecular weight excluding hydrogens is 356 g/mol. The fourth-order valence-corrected chi connectivity index (χ4v) is 4.70. The van der Waals surface area contributed by atoms with Crippen molar-refractivity contribution in [2.24, 2.45) is 0 Å². The predicted octanol–water partition coefficient (Wildman–Crippen LogP) is 1.27. The molecule has 0 N–H and O–H groups in total. The van der Waals surface area contributed by atoms with Crippen LogP contribution in [0.2, 0.25) is 0 Å². The van der Waals surface area contributed by atoms with Gasteiger partial charge in [-0.3, -0.25) is 4.79 Å². The molecule has 26 heavy (non-hydrogen) atoms. The van der Waals surface area contributed by atoms with Gasteiger partial charge in [0.15, 0.2) is 0 Å². The highest BCUT2D eigenvalue weighted by atomic mass is 32.2. The number of aryl methyl sites for hydroxylation is 1. The predicted molar refractivity (Wildman–Crippen MR) is 96.7 cm³/mol. The third-order valence-corrected chi connectivity index (χ3v) is 6.81. The van der Waals surface area contributed by atoms with Gasteiger partial charge in [0.2, 0.25) is 10.0 Å². The average molecular weight is 382 g/mol. The number of rotatable bonds is 3. The van der Waals surface area contributed by atoms with Crippen LogP contribution in [0.4, 0.5) is 0 Å². The maximum Gasteiger partial charge on any atom is 0.254 e. The normalized spacial score (nSPS) is 25.3. The molecule has 8 heteroatoms. The van der Waals surface area contributed by atoms with Crippen LogP contribution in [0.5, 0.6) is 0 Å². The first-order chi connectivity index (χ1) is 12.3. The summed E-state index contributed by atoms with van der Waals surface area (Å²) < 4.78 is 38.0. The van der Waals surface area contributed by atoms with Gasteiger partial charge in [0.1, 0.15) is 0 Å². The summed E-state index contributed by atoms with van der Waals surface area (Å²) in [5.41, 5.74) is 1.20. The van der Waals surface area contributed by atoms with Crippen molar-refractivity contribution >= 4 is 15.9 Å². The Morgan fingerprint density at radius 3 is 2.58 bits per heavy atom. The topological polar surface area (TPSA) is 76.2 Å². The van der Waals surface area contributed by atoms with E-state index in [0.29, 0.717) is 45.0 Å². The average Bonchev–Trinajstić information content (AvgIpc) is 2.64. The van der Waals surface area contributed by atoms with Crippen molar-refractivity contribution in [1.29, 1.82) is 0 Å². The first-order valence-corrected chi connectivity index (χ1v) is 10.4. The van der Waals surface area contributed by atoms with Crippen LogP contribution < -0.4 is 0 Å². The van der Waals surface area contributed by atoms with Crippen LogP contribution in [0, 0.1) is 6.92 Å². The third-order valence-electron chi connectivity index (χ3n) is 4.92. The summed E-state index contributed by atoms with van der Waals surface area (Å²) in [6, 6.07) is 4.74. The van der Waals surface area contributed by atoms with Gasteiger partial charge >= 0.3 is 0 Å². The third kappa shape index (κ3) is 3.78. The molecule has 1 aromatic rings. The molecule has 2 aliphatic heterocycles. The van der Waals surface area contributed by atoms with Gasteiger partial charge in [-0.05, 0) is 38.5 Å². The molecule has 2 fully saturated rings. The van der Waals surface area contributed by atoms with Gasteiger partial charge in [-0.2, -0.15) is 4.31 Å². The van der Waals surface area contributed by atoms with E-state index in [-0.39, 0.29) is 22.9 Å². The van der Waals surface area contributed by atoms with Gasteiger partial charge in [-0.15, -0.1) is 0 Å². The Labute approximate surface area is 154 Å². The fraction of sp³-hybridized carbons (Fsp3) is 0.611. The molecule has 2 unspecified atom stereocenters. The van der Waals surface area contributed by atoms with E-state index in [1.807, 2.05) is 20.8 Å². The Morgan fingerprint density at radius 1 is 1.19 bits per heavy atom. The molecule has 2 aliphatic rings. The first-order valence-electron chi connectivity index (χ1n) is 8.92. The molecule has 1 amide bonds. The molecule has 1 aromatic carbocycles. The van der Waals surface area contributed by atoms with Gasteiger partial charge < -0.3 is 14.4 Å². The minimum Gasteiger partial charge on any atom is -0.379 e. The molecule has 0 bridgehead atoms. The summed E-state index contributed by atoms with van der Waals surface area (Å²) in [5.74, 6) is -0.149. The standard InChI is InChI=1S/C18H26N2O5S/c1-13-4-5-16(26(22,23)19-6-8-24-9-7-19)10-17(13)18(21)20-11-15(3)25-12-14(20)2/h4-5,10,14-15H,6-9,11-12H2,1-3H3. The van der Waals surface area contributed by atoms with Gasteiger partial charge in [0, 0.05) is 25.2 Å². The SMILES string of the molecule is Cc1ccc(S(=O)(=O)N2CCOCC2)cc1C(=O)N1CC(C)OCC1C. The number of hydrogen-bond acceptors (Lipinski definition) is 5. The van der Waals surface area contributed by atoms with Gasteiger partial charge in [0.05, 0.1) is 36.9 Å². The number of morpholine rings is 2. The highest BCUT2D eigenvalue weighted by Gasteiger charge is 2.31. The molecule has 2 heterocycles. The van der Waals surface area contributed by atoms with Crippen LogP contribution in [0.25, 0.3) is 0 Å². The molecule has 0 spiro atoms. The number of benzene rings is 1. The van der Waals surface area contributed by atoms with Crippen molar-refractivity contribution in [3.8, 4) is 0 Å². The molecule has 0 saturated carbocycles. The van der Waals surface area contributed by atoms with E-state index in [1.165, 1.54) is 10.4 Å². The van der Waals surface area contributed by atoms with Crippen LogP contribution in [-0.4, -0.2) is 75.1 Å². The molecule has 3 rings (SSSR count).